The fraction of sp³-hybridized carbons (Fsp3) is 0.333. The van der Waals surface area contributed by atoms with Gasteiger partial charge in [-0.3, -0.25) is 14.9 Å². The molecule has 0 heterocycles. The number of nitro benzene ring substituents is 1. The molecule has 0 aliphatic carbocycles. The van der Waals surface area contributed by atoms with Crippen LogP contribution in [0.4, 0.5) is 11.4 Å². The number of amides is 1. The highest BCUT2D eigenvalue weighted by molar-refractivity contribution is 6.07. The predicted molar refractivity (Wildman–Crippen MR) is 82.9 cm³/mol. The minimum absolute atomic E-state index is 0.0598. The van der Waals surface area contributed by atoms with Gasteiger partial charge in [0.2, 0.25) is 0 Å². The lowest BCUT2D eigenvalue weighted by Gasteiger charge is -2.05. The highest BCUT2D eigenvalue weighted by atomic mass is 16.6. The van der Waals surface area contributed by atoms with Crippen LogP contribution in [0.5, 0.6) is 0 Å². The van der Waals surface area contributed by atoms with E-state index in [1.54, 1.807) is 12.1 Å². The van der Waals surface area contributed by atoms with E-state index in [4.69, 9.17) is 5.26 Å². The van der Waals surface area contributed by atoms with Crippen molar-refractivity contribution in [2.24, 2.45) is 0 Å². The van der Waals surface area contributed by atoms with Crippen molar-refractivity contribution >= 4 is 17.3 Å². The van der Waals surface area contributed by atoms with E-state index in [9.17, 15) is 14.9 Å². The second-order valence-electron chi connectivity index (χ2n) is 4.56. The standard InChI is InChI=1S/C15H18N4O3/c1-2-3-6-9-17-11-12(10-16)15(20)18-13-7-4-5-8-14(13)19(21)22/h4-5,7-8,11,17H,2-3,6,9H2,1H3,(H,18,20)/b12-11-. The number of nitriles is 1. The van der Waals surface area contributed by atoms with Gasteiger partial charge >= 0.3 is 0 Å². The molecule has 1 aromatic rings. The number of unbranched alkanes of at least 4 members (excludes halogenated alkanes) is 2. The van der Waals surface area contributed by atoms with Gasteiger partial charge in [-0.15, -0.1) is 0 Å². The Labute approximate surface area is 128 Å². The number of nitrogens with one attached hydrogen (secondary N) is 2. The van der Waals surface area contributed by atoms with E-state index < -0.39 is 10.8 Å². The van der Waals surface area contributed by atoms with Crippen LogP contribution in [-0.4, -0.2) is 17.4 Å². The van der Waals surface area contributed by atoms with Crippen molar-refractivity contribution in [3.8, 4) is 6.07 Å². The number of hydrogen-bond donors (Lipinski definition) is 2. The zero-order valence-electron chi connectivity index (χ0n) is 12.3. The molecule has 0 atom stereocenters. The van der Waals surface area contributed by atoms with Crippen molar-refractivity contribution in [2.75, 3.05) is 11.9 Å². The smallest absolute Gasteiger partial charge is 0.292 e. The third-order valence-corrected chi connectivity index (χ3v) is 2.89. The molecule has 0 aliphatic rings. The summed E-state index contributed by atoms with van der Waals surface area (Å²) in [4.78, 5) is 22.3. The normalized spacial score (nSPS) is 10.6. The third-order valence-electron chi connectivity index (χ3n) is 2.89. The lowest BCUT2D eigenvalue weighted by Crippen LogP contribution is -2.17. The molecule has 0 unspecified atom stereocenters. The SMILES string of the molecule is CCCCCN/C=C(/C#N)C(=O)Nc1ccccc1[N+](=O)[O-]. The highest BCUT2D eigenvalue weighted by Gasteiger charge is 2.16. The molecule has 0 aromatic heterocycles. The van der Waals surface area contributed by atoms with E-state index in [1.807, 2.05) is 0 Å². The Balaban J connectivity index is 2.72. The Hall–Kier alpha value is -2.88. The molecule has 7 nitrogen and oxygen atoms in total. The van der Waals surface area contributed by atoms with Crippen molar-refractivity contribution in [3.05, 3.63) is 46.2 Å². The van der Waals surface area contributed by atoms with E-state index >= 15 is 0 Å². The molecule has 0 bridgehead atoms. The fourth-order valence-corrected chi connectivity index (χ4v) is 1.73. The average molecular weight is 302 g/mol. The van der Waals surface area contributed by atoms with Gasteiger partial charge in [0.05, 0.1) is 4.92 Å². The maximum atomic E-state index is 12.0. The second kappa shape index (κ2) is 9.13. The maximum Gasteiger partial charge on any atom is 0.292 e. The van der Waals surface area contributed by atoms with Crippen molar-refractivity contribution in [3.63, 3.8) is 0 Å². The molecule has 0 aliphatic heterocycles. The molecule has 1 aromatic carbocycles. The number of rotatable bonds is 8. The second-order valence-corrected chi connectivity index (χ2v) is 4.56. The average Bonchev–Trinajstić information content (AvgIpc) is 2.51. The molecule has 0 fully saturated rings. The van der Waals surface area contributed by atoms with E-state index in [-0.39, 0.29) is 16.9 Å². The van der Waals surface area contributed by atoms with Gasteiger partial charge in [0.25, 0.3) is 11.6 Å². The van der Waals surface area contributed by atoms with Gasteiger partial charge in [0.15, 0.2) is 0 Å². The molecule has 1 rings (SSSR count). The summed E-state index contributed by atoms with van der Waals surface area (Å²) in [5.74, 6) is -0.681. The molecular weight excluding hydrogens is 284 g/mol. The first-order valence-electron chi connectivity index (χ1n) is 6.98. The minimum atomic E-state index is -0.681. The van der Waals surface area contributed by atoms with Crippen molar-refractivity contribution in [1.29, 1.82) is 5.26 Å². The van der Waals surface area contributed by atoms with Crippen LogP contribution in [0.3, 0.4) is 0 Å². The molecule has 22 heavy (non-hydrogen) atoms. The van der Waals surface area contributed by atoms with Crippen molar-refractivity contribution in [2.45, 2.75) is 26.2 Å². The number of hydrogen-bond acceptors (Lipinski definition) is 5. The van der Waals surface area contributed by atoms with Crippen LogP contribution in [0, 0.1) is 21.4 Å². The first kappa shape index (κ1) is 17.2. The lowest BCUT2D eigenvalue weighted by molar-refractivity contribution is -0.383. The predicted octanol–water partition coefficient (Wildman–Crippen LogP) is 2.72. The molecule has 0 saturated heterocycles. The Bertz CT molecular complexity index is 605. The summed E-state index contributed by atoms with van der Waals surface area (Å²) >= 11 is 0. The highest BCUT2D eigenvalue weighted by Crippen LogP contribution is 2.23. The number of carbonyl (C=O) groups is 1. The van der Waals surface area contributed by atoms with Gasteiger partial charge in [0, 0.05) is 18.8 Å². The van der Waals surface area contributed by atoms with Crippen LogP contribution in [0.2, 0.25) is 0 Å². The van der Waals surface area contributed by atoms with Crippen LogP contribution in [0.1, 0.15) is 26.2 Å². The summed E-state index contributed by atoms with van der Waals surface area (Å²) in [5.41, 5.74) is -0.289. The van der Waals surface area contributed by atoms with Crippen LogP contribution in [-0.2, 0) is 4.79 Å². The summed E-state index contributed by atoms with van der Waals surface area (Å²) in [6.07, 6.45) is 4.41. The Morgan fingerprint density at radius 2 is 2.14 bits per heavy atom. The monoisotopic (exact) mass is 302 g/mol. The van der Waals surface area contributed by atoms with E-state index in [0.717, 1.165) is 19.3 Å². The van der Waals surface area contributed by atoms with Gasteiger partial charge in [-0.25, -0.2) is 0 Å². The number of para-hydroxylation sites is 2. The molecule has 1 amide bonds. The quantitative estimate of drug-likeness (QED) is 0.252. The van der Waals surface area contributed by atoms with Gasteiger partial charge in [-0.05, 0) is 12.5 Å². The van der Waals surface area contributed by atoms with Gasteiger partial charge in [0.1, 0.15) is 17.3 Å². The number of carbonyl (C=O) groups excluding carboxylic acids is 1. The van der Waals surface area contributed by atoms with Crippen LogP contribution >= 0.6 is 0 Å². The fourth-order valence-electron chi connectivity index (χ4n) is 1.73. The first-order chi connectivity index (χ1) is 10.6. The number of nitro groups is 1. The van der Waals surface area contributed by atoms with Crippen molar-refractivity contribution in [1.82, 2.24) is 5.32 Å². The number of benzene rings is 1. The summed E-state index contributed by atoms with van der Waals surface area (Å²) in [5, 5.41) is 25.2. The molecular formula is C15H18N4O3. The van der Waals surface area contributed by atoms with Crippen LogP contribution in [0.15, 0.2) is 36.0 Å². The van der Waals surface area contributed by atoms with Crippen molar-refractivity contribution < 1.29 is 9.72 Å². The largest absolute Gasteiger partial charge is 0.390 e. The van der Waals surface area contributed by atoms with Gasteiger partial charge < -0.3 is 10.6 Å². The Morgan fingerprint density at radius 3 is 2.77 bits per heavy atom. The van der Waals surface area contributed by atoms with Crippen LogP contribution < -0.4 is 10.6 Å². The Morgan fingerprint density at radius 1 is 1.41 bits per heavy atom. The minimum Gasteiger partial charge on any atom is -0.390 e. The molecule has 2 N–H and O–H groups in total. The zero-order valence-corrected chi connectivity index (χ0v) is 12.3. The van der Waals surface area contributed by atoms with Gasteiger partial charge in [-0.1, -0.05) is 31.9 Å². The number of nitrogens with zero attached hydrogens (tertiary/aromatic N) is 2. The summed E-state index contributed by atoms with van der Waals surface area (Å²) in [7, 11) is 0. The maximum absolute atomic E-state index is 12.0. The van der Waals surface area contributed by atoms with E-state index in [2.05, 4.69) is 17.6 Å². The number of anilines is 1. The molecule has 7 heteroatoms. The molecule has 116 valence electrons. The zero-order chi connectivity index (χ0) is 16.4. The van der Waals surface area contributed by atoms with Crippen LogP contribution in [0.25, 0.3) is 0 Å². The third kappa shape index (κ3) is 5.25. The van der Waals surface area contributed by atoms with E-state index in [1.165, 1.54) is 24.4 Å². The lowest BCUT2D eigenvalue weighted by atomic mass is 10.2. The summed E-state index contributed by atoms with van der Waals surface area (Å²) in [6, 6.07) is 7.56. The molecule has 0 radical (unpaired) electrons. The first-order valence-corrected chi connectivity index (χ1v) is 6.98. The topological polar surface area (TPSA) is 108 Å². The Kier molecular flexibility index (Phi) is 7.13. The van der Waals surface area contributed by atoms with Gasteiger partial charge in [-0.2, -0.15) is 5.26 Å². The molecule has 0 spiro atoms. The van der Waals surface area contributed by atoms with E-state index in [0.29, 0.717) is 6.54 Å². The summed E-state index contributed by atoms with van der Waals surface area (Å²) in [6.45, 7) is 2.74. The molecule has 0 saturated carbocycles. The summed E-state index contributed by atoms with van der Waals surface area (Å²) < 4.78 is 0.